The molecule has 0 unspecified atom stereocenters. The van der Waals surface area contributed by atoms with Gasteiger partial charge in [0.2, 0.25) is 0 Å². The molecule has 1 rings (SSSR count). The quantitative estimate of drug-likeness (QED) is 0.667. The zero-order chi connectivity index (χ0) is 15.0. The number of aromatic nitrogens is 1. The third-order valence-electron chi connectivity index (χ3n) is 3.51. The van der Waals surface area contributed by atoms with Crippen LogP contribution >= 0.6 is 0 Å². The fourth-order valence-electron chi connectivity index (χ4n) is 2.05. The summed E-state index contributed by atoms with van der Waals surface area (Å²) >= 11 is 0. The van der Waals surface area contributed by atoms with Gasteiger partial charge in [0.15, 0.2) is 0 Å². The van der Waals surface area contributed by atoms with Gasteiger partial charge in [-0.2, -0.15) is 0 Å². The summed E-state index contributed by atoms with van der Waals surface area (Å²) in [7, 11) is 1.74. The molecule has 0 aromatic carbocycles. The molecule has 1 aromatic rings. The van der Waals surface area contributed by atoms with Crippen molar-refractivity contribution in [3.8, 4) is 0 Å². The van der Waals surface area contributed by atoms with Crippen LogP contribution in [0.25, 0.3) is 5.57 Å². The van der Waals surface area contributed by atoms with Crippen molar-refractivity contribution in [1.29, 1.82) is 0 Å². The van der Waals surface area contributed by atoms with Crippen molar-refractivity contribution in [3.63, 3.8) is 0 Å². The first-order valence-electron chi connectivity index (χ1n) is 7.36. The highest BCUT2D eigenvalue weighted by Crippen LogP contribution is 2.21. The van der Waals surface area contributed by atoms with Gasteiger partial charge in [-0.15, -0.1) is 0 Å². The molecule has 0 fully saturated rings. The molecule has 0 radical (unpaired) electrons. The molecule has 3 nitrogen and oxygen atoms in total. The molecule has 0 N–H and O–H groups in total. The molecule has 0 bridgehead atoms. The van der Waals surface area contributed by atoms with E-state index in [1.165, 1.54) is 5.56 Å². The van der Waals surface area contributed by atoms with Gasteiger partial charge in [-0.1, -0.05) is 19.9 Å². The van der Waals surface area contributed by atoms with E-state index in [0.717, 1.165) is 36.5 Å². The van der Waals surface area contributed by atoms with Crippen LogP contribution in [-0.4, -0.2) is 25.3 Å². The molecule has 3 heteroatoms. The van der Waals surface area contributed by atoms with Gasteiger partial charge >= 0.3 is 0 Å². The molecule has 20 heavy (non-hydrogen) atoms. The summed E-state index contributed by atoms with van der Waals surface area (Å²) < 4.78 is 11.2. The van der Waals surface area contributed by atoms with Crippen molar-refractivity contribution in [2.24, 2.45) is 5.92 Å². The molecular formula is C17H27NO2. The second kappa shape index (κ2) is 8.75. The standard InChI is InChI=1S/C17H27NO2/c1-6-15(11-19-5)12-20-17(7-2)14(4)16-9-8-13(3)10-18-16/h8-10,15H,6-7,11-12H2,1-5H3/b17-14-/t15-/m1/s1. The number of rotatable bonds is 8. The minimum Gasteiger partial charge on any atom is -0.497 e. The lowest BCUT2D eigenvalue weighted by Gasteiger charge is -2.18. The highest BCUT2D eigenvalue weighted by atomic mass is 16.5. The first-order chi connectivity index (χ1) is 9.62. The molecule has 0 saturated heterocycles. The second-order valence-corrected chi connectivity index (χ2v) is 5.16. The van der Waals surface area contributed by atoms with E-state index in [9.17, 15) is 0 Å². The van der Waals surface area contributed by atoms with E-state index in [-0.39, 0.29) is 0 Å². The lowest BCUT2D eigenvalue weighted by Crippen LogP contribution is -2.14. The molecule has 1 heterocycles. The molecule has 0 aliphatic rings. The number of nitrogens with zero attached hydrogens (tertiary/aromatic N) is 1. The number of pyridine rings is 1. The molecule has 1 aromatic heterocycles. The minimum atomic E-state index is 0.445. The van der Waals surface area contributed by atoms with Crippen LogP contribution in [-0.2, 0) is 9.47 Å². The Morgan fingerprint density at radius 1 is 1.25 bits per heavy atom. The van der Waals surface area contributed by atoms with Crippen LogP contribution in [0.1, 0.15) is 44.9 Å². The number of aryl methyl sites for hydroxylation is 1. The molecule has 112 valence electrons. The van der Waals surface area contributed by atoms with E-state index in [1.54, 1.807) is 7.11 Å². The fourth-order valence-corrected chi connectivity index (χ4v) is 2.05. The van der Waals surface area contributed by atoms with Crippen molar-refractivity contribution in [1.82, 2.24) is 4.98 Å². The predicted molar refractivity (Wildman–Crippen MR) is 83.5 cm³/mol. The van der Waals surface area contributed by atoms with Crippen LogP contribution < -0.4 is 0 Å². The third kappa shape index (κ3) is 4.97. The zero-order valence-electron chi connectivity index (χ0n) is 13.4. The van der Waals surface area contributed by atoms with Gasteiger partial charge in [0.1, 0.15) is 5.76 Å². The van der Waals surface area contributed by atoms with Crippen LogP contribution in [0, 0.1) is 12.8 Å². The average Bonchev–Trinajstić information content (AvgIpc) is 2.47. The Bertz CT molecular complexity index is 423. The number of ether oxygens (including phenoxy) is 2. The van der Waals surface area contributed by atoms with Crippen molar-refractivity contribution in [2.75, 3.05) is 20.3 Å². The topological polar surface area (TPSA) is 31.4 Å². The fraction of sp³-hybridized carbons (Fsp3) is 0.588. The average molecular weight is 277 g/mol. The number of methoxy groups -OCH3 is 1. The molecule has 0 saturated carbocycles. The first-order valence-corrected chi connectivity index (χ1v) is 7.36. The van der Waals surface area contributed by atoms with E-state index in [1.807, 2.05) is 13.1 Å². The maximum absolute atomic E-state index is 6.00. The van der Waals surface area contributed by atoms with Gasteiger partial charge in [-0.3, -0.25) is 4.98 Å². The largest absolute Gasteiger partial charge is 0.497 e. The van der Waals surface area contributed by atoms with E-state index in [0.29, 0.717) is 12.5 Å². The van der Waals surface area contributed by atoms with Crippen LogP contribution in [0.2, 0.25) is 0 Å². The summed E-state index contributed by atoms with van der Waals surface area (Å²) in [5, 5.41) is 0. The van der Waals surface area contributed by atoms with Crippen molar-refractivity contribution < 1.29 is 9.47 Å². The van der Waals surface area contributed by atoms with Gasteiger partial charge in [0, 0.05) is 31.2 Å². The zero-order valence-corrected chi connectivity index (χ0v) is 13.4. The summed E-state index contributed by atoms with van der Waals surface area (Å²) in [5.41, 5.74) is 3.29. The first kappa shape index (κ1) is 16.7. The third-order valence-corrected chi connectivity index (χ3v) is 3.51. The molecule has 0 aliphatic heterocycles. The van der Waals surface area contributed by atoms with Gasteiger partial charge in [-0.25, -0.2) is 0 Å². The molecule has 1 atom stereocenters. The molecular weight excluding hydrogens is 250 g/mol. The van der Waals surface area contributed by atoms with Gasteiger partial charge in [0.25, 0.3) is 0 Å². The summed E-state index contributed by atoms with van der Waals surface area (Å²) in [4.78, 5) is 4.47. The Hall–Kier alpha value is -1.35. The number of hydrogen-bond donors (Lipinski definition) is 0. The van der Waals surface area contributed by atoms with Crippen molar-refractivity contribution in [2.45, 2.75) is 40.5 Å². The van der Waals surface area contributed by atoms with Crippen LogP contribution in [0.5, 0.6) is 0 Å². The van der Waals surface area contributed by atoms with Crippen molar-refractivity contribution >= 4 is 5.57 Å². The maximum atomic E-state index is 6.00. The SMILES string of the molecule is CC/C(OC[C@H](CC)COC)=C(\C)c1ccc(C)cn1. The Morgan fingerprint density at radius 2 is 2.00 bits per heavy atom. The van der Waals surface area contributed by atoms with E-state index in [2.05, 4.69) is 37.9 Å². The highest BCUT2D eigenvalue weighted by molar-refractivity contribution is 5.62. The van der Waals surface area contributed by atoms with Gasteiger partial charge in [0.05, 0.1) is 18.9 Å². The van der Waals surface area contributed by atoms with Crippen LogP contribution in [0.3, 0.4) is 0 Å². The lowest BCUT2D eigenvalue weighted by atomic mass is 10.1. The predicted octanol–water partition coefficient (Wildman–Crippen LogP) is 4.22. The Balaban J connectivity index is 2.76. The monoisotopic (exact) mass is 277 g/mol. The molecule has 0 spiro atoms. The summed E-state index contributed by atoms with van der Waals surface area (Å²) in [6.07, 6.45) is 3.84. The second-order valence-electron chi connectivity index (χ2n) is 5.16. The van der Waals surface area contributed by atoms with E-state index < -0.39 is 0 Å². The summed E-state index contributed by atoms with van der Waals surface area (Å²) in [5.74, 6) is 1.47. The Morgan fingerprint density at radius 3 is 2.50 bits per heavy atom. The molecule has 0 amide bonds. The number of hydrogen-bond acceptors (Lipinski definition) is 3. The van der Waals surface area contributed by atoms with Crippen LogP contribution in [0.15, 0.2) is 24.1 Å². The minimum absolute atomic E-state index is 0.445. The Labute approximate surface area is 123 Å². The van der Waals surface area contributed by atoms with E-state index >= 15 is 0 Å². The lowest BCUT2D eigenvalue weighted by molar-refractivity contribution is 0.0872. The van der Waals surface area contributed by atoms with E-state index in [4.69, 9.17) is 9.47 Å². The van der Waals surface area contributed by atoms with Crippen molar-refractivity contribution in [3.05, 3.63) is 35.3 Å². The maximum Gasteiger partial charge on any atom is 0.101 e. The summed E-state index contributed by atoms with van der Waals surface area (Å²) in [6, 6.07) is 4.13. The number of allylic oxidation sites excluding steroid dienone is 2. The molecule has 0 aliphatic carbocycles. The highest BCUT2D eigenvalue weighted by Gasteiger charge is 2.10. The normalized spacial score (nSPS) is 13.8. The Kier molecular flexibility index (Phi) is 7.31. The van der Waals surface area contributed by atoms with Gasteiger partial charge in [-0.05, 0) is 31.9 Å². The van der Waals surface area contributed by atoms with Crippen LogP contribution in [0.4, 0.5) is 0 Å². The van der Waals surface area contributed by atoms with Gasteiger partial charge < -0.3 is 9.47 Å². The summed E-state index contributed by atoms with van der Waals surface area (Å²) in [6.45, 7) is 9.85. The smallest absolute Gasteiger partial charge is 0.101 e.